The van der Waals surface area contributed by atoms with Crippen molar-refractivity contribution in [3.05, 3.63) is 70.3 Å². The quantitative estimate of drug-likeness (QED) is 0.345. The summed E-state index contributed by atoms with van der Waals surface area (Å²) < 4.78 is 5.88. The molecule has 170 valence electrons. The van der Waals surface area contributed by atoms with Gasteiger partial charge in [-0.15, -0.1) is 0 Å². The van der Waals surface area contributed by atoms with Gasteiger partial charge in [-0.2, -0.15) is 0 Å². The number of phenols is 3. The molecule has 7 heteroatoms. The number of hydrogen-bond acceptors (Lipinski definition) is 7. The largest absolute Gasteiger partial charge is 0.508 e. The number of aryl methyl sites for hydroxylation is 2. The summed E-state index contributed by atoms with van der Waals surface area (Å²) in [4.78, 5) is 17.3. The summed E-state index contributed by atoms with van der Waals surface area (Å²) in [7, 11) is 0. The van der Waals surface area contributed by atoms with Gasteiger partial charge in [0.05, 0.1) is 5.69 Å². The molecule has 0 radical (unpaired) electrons. The number of aromatic hydroxyl groups is 3. The first-order valence-electron chi connectivity index (χ1n) is 10.7. The van der Waals surface area contributed by atoms with Crippen molar-refractivity contribution in [2.45, 2.75) is 20.8 Å². The van der Waals surface area contributed by atoms with E-state index in [4.69, 9.17) is 4.42 Å². The Hall–Kier alpha value is -4.52. The van der Waals surface area contributed by atoms with Gasteiger partial charge in [0.2, 0.25) is 5.78 Å². The lowest BCUT2D eigenvalue weighted by atomic mass is 9.99. The molecular weight excluding hydrogens is 432 g/mol. The number of Topliss-reactive ketones (excluding diaryl/α,β-unsaturated/α-hetero) is 1. The van der Waals surface area contributed by atoms with Gasteiger partial charge in [0.1, 0.15) is 39.6 Å². The minimum absolute atomic E-state index is 0.0179. The number of benzene rings is 3. The highest BCUT2D eigenvalue weighted by Gasteiger charge is 2.23. The van der Waals surface area contributed by atoms with Crippen molar-refractivity contribution < 1.29 is 24.5 Å². The predicted octanol–water partition coefficient (Wildman–Crippen LogP) is 4.22. The van der Waals surface area contributed by atoms with Gasteiger partial charge in [0.25, 0.3) is 0 Å². The molecule has 0 saturated heterocycles. The first-order valence-corrected chi connectivity index (χ1v) is 10.7. The van der Waals surface area contributed by atoms with E-state index < -0.39 is 0 Å². The standard InChI is InChI=1S/C27H22N2O5/c1-13-6-4-5-7-18(13)28-19-10-17-23(11-20(19)31)34-24-12-22(33)27(15(3)25(17)24)29-26-14(2)8-16(30)9-21(26)32/h4-12,28,30-32H,1-3H3. The van der Waals surface area contributed by atoms with Crippen LogP contribution < -0.4 is 16.0 Å². The molecule has 0 fully saturated rings. The molecule has 1 aliphatic rings. The van der Waals surface area contributed by atoms with Crippen molar-refractivity contribution in [3.63, 3.8) is 0 Å². The van der Waals surface area contributed by atoms with Crippen LogP contribution in [0.1, 0.15) is 18.1 Å². The number of carbonyl (C=O) groups is 1. The van der Waals surface area contributed by atoms with Gasteiger partial charge >= 0.3 is 0 Å². The molecule has 1 aliphatic carbocycles. The summed E-state index contributed by atoms with van der Waals surface area (Å²) >= 11 is 0. The zero-order chi connectivity index (χ0) is 24.1. The number of rotatable bonds is 3. The number of phenolic OH excluding ortho intramolecular Hbond substituents is 3. The Labute approximate surface area is 194 Å². The van der Waals surface area contributed by atoms with Crippen LogP contribution in [-0.2, 0) is 4.79 Å². The van der Waals surface area contributed by atoms with Crippen LogP contribution in [0.2, 0.25) is 0 Å². The molecular formula is C27H22N2O5. The molecule has 34 heavy (non-hydrogen) atoms. The van der Waals surface area contributed by atoms with Crippen molar-refractivity contribution in [2.75, 3.05) is 5.32 Å². The normalized spacial score (nSPS) is 14.4. The third-order valence-corrected chi connectivity index (χ3v) is 5.96. The Balaban J connectivity index is 1.72. The molecule has 4 N–H and O–H groups in total. The highest BCUT2D eigenvalue weighted by Crippen LogP contribution is 2.35. The lowest BCUT2D eigenvalue weighted by Gasteiger charge is -2.11. The average Bonchev–Trinajstić information content (AvgIpc) is 3.11. The predicted molar refractivity (Wildman–Crippen MR) is 132 cm³/mol. The van der Waals surface area contributed by atoms with Gasteiger partial charge in [-0.1, -0.05) is 18.2 Å². The summed E-state index contributed by atoms with van der Waals surface area (Å²) in [6.07, 6.45) is 1.36. The molecule has 4 aromatic rings. The Morgan fingerprint density at radius 2 is 1.65 bits per heavy atom. The smallest absolute Gasteiger partial charge is 0.208 e. The molecule has 5 rings (SSSR count). The Morgan fingerprint density at radius 3 is 2.38 bits per heavy atom. The lowest BCUT2D eigenvalue weighted by Crippen LogP contribution is -2.34. The number of ketones is 1. The van der Waals surface area contributed by atoms with Crippen LogP contribution in [0, 0.1) is 13.8 Å². The van der Waals surface area contributed by atoms with E-state index >= 15 is 0 Å². The van der Waals surface area contributed by atoms with Crippen molar-refractivity contribution in [1.29, 1.82) is 0 Å². The van der Waals surface area contributed by atoms with Gasteiger partial charge in [0.15, 0.2) is 0 Å². The molecule has 0 aliphatic heterocycles. The fraction of sp³-hybridized carbons (Fsp3) is 0.111. The second kappa shape index (κ2) is 7.81. The first kappa shape index (κ1) is 21.3. The second-order valence-electron chi connectivity index (χ2n) is 8.37. The topological polar surface area (TPSA) is 115 Å². The summed E-state index contributed by atoms with van der Waals surface area (Å²) in [5, 5.41) is 35.2. The van der Waals surface area contributed by atoms with Gasteiger partial charge in [0, 0.05) is 34.5 Å². The van der Waals surface area contributed by atoms with E-state index in [1.165, 1.54) is 24.3 Å². The molecule has 1 aromatic heterocycles. The van der Waals surface area contributed by atoms with Gasteiger partial charge in [-0.25, -0.2) is 4.99 Å². The molecule has 0 atom stereocenters. The average molecular weight is 454 g/mol. The fourth-order valence-electron chi connectivity index (χ4n) is 4.23. The number of para-hydroxylation sites is 1. The molecule has 0 spiro atoms. The number of hydrogen-bond donors (Lipinski definition) is 4. The zero-order valence-electron chi connectivity index (χ0n) is 18.8. The first-order chi connectivity index (χ1) is 16.2. The monoisotopic (exact) mass is 454 g/mol. The number of nitrogens with one attached hydrogen (secondary N) is 1. The summed E-state index contributed by atoms with van der Waals surface area (Å²) in [6.45, 7) is 5.43. The molecule has 0 unspecified atom stereocenters. The maximum absolute atomic E-state index is 12.9. The molecule has 7 nitrogen and oxygen atoms in total. The highest BCUT2D eigenvalue weighted by atomic mass is 16.3. The maximum Gasteiger partial charge on any atom is 0.208 e. The molecule has 1 heterocycles. The summed E-state index contributed by atoms with van der Waals surface area (Å²) in [5.41, 5.74) is 4.70. The summed E-state index contributed by atoms with van der Waals surface area (Å²) in [6, 6.07) is 13.7. The van der Waals surface area contributed by atoms with E-state index in [1.54, 1.807) is 19.9 Å². The van der Waals surface area contributed by atoms with Crippen LogP contribution >= 0.6 is 0 Å². The number of furan rings is 1. The van der Waals surface area contributed by atoms with Crippen LogP contribution in [0.4, 0.5) is 17.1 Å². The highest BCUT2D eigenvalue weighted by molar-refractivity contribution is 6.62. The van der Waals surface area contributed by atoms with Gasteiger partial charge in [-0.05, 0) is 55.7 Å². The molecule has 0 bridgehead atoms. The van der Waals surface area contributed by atoms with Crippen molar-refractivity contribution in [2.24, 2.45) is 4.99 Å². The van der Waals surface area contributed by atoms with Crippen molar-refractivity contribution in [3.8, 4) is 17.2 Å². The number of aliphatic imine (C=N–C) groups is 1. The Kier molecular flexibility index (Phi) is 4.90. The molecule has 0 saturated carbocycles. The van der Waals surface area contributed by atoms with E-state index in [0.717, 1.165) is 11.3 Å². The Morgan fingerprint density at radius 1 is 0.882 bits per heavy atom. The lowest BCUT2D eigenvalue weighted by molar-refractivity contribution is -0.107. The number of anilines is 2. The van der Waals surface area contributed by atoms with Crippen LogP contribution in [-0.4, -0.2) is 26.8 Å². The van der Waals surface area contributed by atoms with Crippen LogP contribution in [0.25, 0.3) is 22.6 Å². The van der Waals surface area contributed by atoms with Crippen LogP contribution in [0.3, 0.4) is 0 Å². The van der Waals surface area contributed by atoms with E-state index in [1.807, 2.05) is 31.2 Å². The van der Waals surface area contributed by atoms with Gasteiger partial charge in [-0.3, -0.25) is 4.79 Å². The SMILES string of the molecule is CC1=c2c(oc3cc(O)c(Nc4ccccc4C)cc23)=CC(=O)C1=Nc1c(C)cc(O)cc1O. The zero-order valence-corrected chi connectivity index (χ0v) is 18.8. The van der Waals surface area contributed by atoms with E-state index in [2.05, 4.69) is 10.3 Å². The fourth-order valence-corrected chi connectivity index (χ4v) is 4.23. The molecule has 0 amide bonds. The Bertz CT molecular complexity index is 1640. The number of carbonyl (C=O) groups excluding carboxylic acids is 1. The minimum atomic E-state index is -0.363. The third-order valence-electron chi connectivity index (χ3n) is 5.96. The van der Waals surface area contributed by atoms with Crippen molar-refractivity contribution >= 4 is 51.2 Å². The van der Waals surface area contributed by atoms with Gasteiger partial charge < -0.3 is 25.1 Å². The summed E-state index contributed by atoms with van der Waals surface area (Å²) in [5.74, 6) is -0.649. The second-order valence-corrected chi connectivity index (χ2v) is 8.37. The van der Waals surface area contributed by atoms with Crippen molar-refractivity contribution in [1.82, 2.24) is 0 Å². The maximum atomic E-state index is 12.9. The van der Waals surface area contributed by atoms with E-state index in [-0.39, 0.29) is 34.4 Å². The van der Waals surface area contributed by atoms with Crippen LogP contribution in [0.5, 0.6) is 17.2 Å². The molecule has 3 aromatic carbocycles. The third kappa shape index (κ3) is 3.47. The van der Waals surface area contributed by atoms with E-state index in [9.17, 15) is 20.1 Å². The number of fused-ring (bicyclic) bond motifs is 3. The van der Waals surface area contributed by atoms with Crippen LogP contribution in [0.15, 0.2) is 57.9 Å². The minimum Gasteiger partial charge on any atom is -0.508 e. The number of nitrogens with zero attached hydrogens (tertiary/aromatic N) is 1. The van der Waals surface area contributed by atoms with E-state index in [0.29, 0.717) is 38.4 Å².